The minimum atomic E-state index is -0.686. The third-order valence-corrected chi connectivity index (χ3v) is 9.32. The molecule has 0 aliphatic heterocycles. The highest BCUT2D eigenvalue weighted by Crippen LogP contribution is 2.43. The lowest BCUT2D eigenvalue weighted by molar-refractivity contribution is 1.18. The molecule has 0 amide bonds. The van der Waals surface area contributed by atoms with Crippen LogP contribution in [0, 0.1) is 0 Å². The summed E-state index contributed by atoms with van der Waals surface area (Å²) in [5.74, 6) is 0. The van der Waals surface area contributed by atoms with Gasteiger partial charge in [-0.15, -0.1) is 0 Å². The first-order valence-electron chi connectivity index (χ1n) is 22.2. The van der Waals surface area contributed by atoms with Gasteiger partial charge in [-0.3, -0.25) is 0 Å². The summed E-state index contributed by atoms with van der Waals surface area (Å²) in [5, 5.41) is 1.78. The molecule has 2 aromatic heterocycles. The van der Waals surface area contributed by atoms with Gasteiger partial charge in [-0.05, 0) is 82.3 Å². The number of hydrogen-bond donors (Lipinski definition) is 0. The molecule has 50 heavy (non-hydrogen) atoms. The number of rotatable bonds is 5. The van der Waals surface area contributed by atoms with Crippen LogP contribution in [0.5, 0.6) is 0 Å². The van der Waals surface area contributed by atoms with E-state index >= 15 is 0 Å². The first kappa shape index (κ1) is 18.8. The molecule has 0 bridgehead atoms. The number of nitrogens with zero attached hydrogens (tertiary/aromatic N) is 2. The van der Waals surface area contributed by atoms with Gasteiger partial charge in [0, 0.05) is 32.8 Å². The van der Waals surface area contributed by atoms with Crippen molar-refractivity contribution >= 4 is 43.6 Å². The van der Waals surface area contributed by atoms with Gasteiger partial charge in [0.1, 0.15) is 0 Å². The van der Waals surface area contributed by atoms with Crippen LogP contribution in [-0.4, -0.2) is 9.13 Å². The third kappa shape index (κ3) is 4.43. The summed E-state index contributed by atoms with van der Waals surface area (Å²) in [5.41, 5.74) is 5.90. The fourth-order valence-electron chi connectivity index (χ4n) is 7.14. The molecule has 0 atom stereocenters. The molecular weight excluding hydrogens is 605 g/mol. The Kier molecular flexibility index (Phi) is 4.32. The molecule has 10 rings (SSSR count). The van der Waals surface area contributed by atoms with Crippen LogP contribution in [0.2, 0.25) is 0 Å². The molecule has 2 heterocycles. The standard InChI is InChI=1S/C48H32N2/c1-4-15-33(16-5-1)35-27-29-45-41(31-35)42-32-36(34-17-6-2-7-18-34)28-30-46(42)50(45)43-24-12-10-21-38(43)39-23-14-26-47-48(39)40-22-11-13-25-44(40)49(47)37-19-8-3-9-20-37/h1-32H/i3D,8D,9D,11D,13D,14D,19D,20D,22D,23D,25D,26D. The Labute approximate surface area is 307 Å². The van der Waals surface area contributed by atoms with Crippen LogP contribution < -0.4 is 0 Å². The van der Waals surface area contributed by atoms with E-state index in [0.29, 0.717) is 11.3 Å². The molecule has 2 heteroatoms. The number of aromatic nitrogens is 2. The van der Waals surface area contributed by atoms with Crippen LogP contribution in [0.25, 0.3) is 88.4 Å². The van der Waals surface area contributed by atoms with Crippen molar-refractivity contribution in [3.8, 4) is 44.8 Å². The van der Waals surface area contributed by atoms with Gasteiger partial charge in [0.05, 0.1) is 44.2 Å². The lowest BCUT2D eigenvalue weighted by Crippen LogP contribution is -1.98. The Hall–Kier alpha value is -6.64. The number of benzene rings is 8. The van der Waals surface area contributed by atoms with Crippen molar-refractivity contribution in [3.05, 3.63) is 194 Å². The highest BCUT2D eigenvalue weighted by Gasteiger charge is 2.20. The first-order valence-corrected chi connectivity index (χ1v) is 16.2. The van der Waals surface area contributed by atoms with Crippen molar-refractivity contribution in [2.45, 2.75) is 0 Å². The number of para-hydroxylation sites is 3. The zero-order chi connectivity index (χ0) is 43.5. The van der Waals surface area contributed by atoms with Gasteiger partial charge < -0.3 is 9.13 Å². The van der Waals surface area contributed by atoms with Crippen molar-refractivity contribution < 1.29 is 16.4 Å². The quantitative estimate of drug-likeness (QED) is 0.176. The Bertz CT molecular complexity index is 3420. The van der Waals surface area contributed by atoms with Crippen molar-refractivity contribution in [2.75, 3.05) is 0 Å². The molecule has 0 N–H and O–H groups in total. The second-order valence-electron chi connectivity index (χ2n) is 12.1. The lowest BCUT2D eigenvalue weighted by Gasteiger charge is -2.15. The number of fused-ring (bicyclic) bond motifs is 6. The van der Waals surface area contributed by atoms with E-state index in [-0.39, 0.29) is 33.4 Å². The number of hydrogen-bond acceptors (Lipinski definition) is 0. The highest BCUT2D eigenvalue weighted by atomic mass is 15.0. The molecule has 0 aliphatic rings. The minimum Gasteiger partial charge on any atom is -0.309 e. The topological polar surface area (TPSA) is 9.86 Å². The predicted molar refractivity (Wildman–Crippen MR) is 211 cm³/mol. The molecule has 0 aliphatic carbocycles. The summed E-state index contributed by atoms with van der Waals surface area (Å²) in [6.45, 7) is 0. The molecule has 0 spiro atoms. The van der Waals surface area contributed by atoms with Gasteiger partial charge in [0.15, 0.2) is 0 Å². The van der Waals surface area contributed by atoms with Gasteiger partial charge in [0.25, 0.3) is 0 Å². The molecule has 0 unspecified atom stereocenters. The van der Waals surface area contributed by atoms with Gasteiger partial charge in [-0.1, -0.05) is 139 Å². The summed E-state index contributed by atoms with van der Waals surface area (Å²) in [6, 6.07) is 32.6. The molecule has 0 radical (unpaired) electrons. The smallest absolute Gasteiger partial charge is 0.0645 e. The van der Waals surface area contributed by atoms with E-state index in [1.807, 2.05) is 72.8 Å². The van der Waals surface area contributed by atoms with Crippen LogP contribution in [0.1, 0.15) is 16.4 Å². The monoisotopic (exact) mass is 648 g/mol. The third-order valence-electron chi connectivity index (χ3n) is 9.32. The van der Waals surface area contributed by atoms with Crippen LogP contribution in [-0.2, 0) is 0 Å². The lowest BCUT2D eigenvalue weighted by atomic mass is 9.97. The largest absolute Gasteiger partial charge is 0.309 e. The van der Waals surface area contributed by atoms with E-state index in [1.54, 1.807) is 12.1 Å². The molecule has 234 valence electrons. The fourth-order valence-corrected chi connectivity index (χ4v) is 7.14. The summed E-state index contributed by atoms with van der Waals surface area (Å²) in [7, 11) is 0. The fraction of sp³-hybridized carbons (Fsp3) is 0. The summed E-state index contributed by atoms with van der Waals surface area (Å²) in [4.78, 5) is 0. The summed E-state index contributed by atoms with van der Waals surface area (Å²) < 4.78 is 110. The maximum atomic E-state index is 9.56. The Morgan fingerprint density at radius 2 is 0.940 bits per heavy atom. The van der Waals surface area contributed by atoms with E-state index < -0.39 is 72.2 Å². The van der Waals surface area contributed by atoms with Gasteiger partial charge in [0.2, 0.25) is 0 Å². The molecular formula is C48H32N2. The van der Waals surface area contributed by atoms with Crippen LogP contribution >= 0.6 is 0 Å². The first-order chi connectivity index (χ1) is 29.8. The van der Waals surface area contributed by atoms with E-state index in [0.717, 1.165) is 48.6 Å². The van der Waals surface area contributed by atoms with E-state index in [4.69, 9.17) is 11.0 Å². The molecule has 10 aromatic rings. The maximum absolute atomic E-state index is 9.56. The molecule has 2 nitrogen and oxygen atoms in total. The highest BCUT2D eigenvalue weighted by molar-refractivity contribution is 6.17. The maximum Gasteiger partial charge on any atom is 0.0645 e. The Morgan fingerprint density at radius 3 is 1.62 bits per heavy atom. The van der Waals surface area contributed by atoms with E-state index in [1.165, 1.54) is 0 Å². The van der Waals surface area contributed by atoms with Crippen LogP contribution in [0.15, 0.2) is 194 Å². The van der Waals surface area contributed by atoms with Gasteiger partial charge in [-0.25, -0.2) is 0 Å². The van der Waals surface area contributed by atoms with Crippen molar-refractivity contribution in [3.63, 3.8) is 0 Å². The average Bonchev–Trinajstić information content (AvgIpc) is 3.82. The second-order valence-corrected chi connectivity index (χ2v) is 12.1. The second kappa shape index (κ2) is 11.5. The van der Waals surface area contributed by atoms with E-state index in [2.05, 4.69) is 41.0 Å². The Morgan fingerprint density at radius 1 is 0.360 bits per heavy atom. The summed E-state index contributed by atoms with van der Waals surface area (Å²) in [6.07, 6.45) is 0. The van der Waals surface area contributed by atoms with Crippen molar-refractivity contribution in [2.24, 2.45) is 0 Å². The molecule has 0 saturated heterocycles. The van der Waals surface area contributed by atoms with Gasteiger partial charge >= 0.3 is 0 Å². The van der Waals surface area contributed by atoms with Crippen molar-refractivity contribution in [1.29, 1.82) is 0 Å². The van der Waals surface area contributed by atoms with E-state index in [9.17, 15) is 5.48 Å². The SMILES string of the molecule is [2H]c1c([2H])c([2H])c(-n2c3c([2H])c([2H])c([2H])c([2H])c3c3c(-c4ccccc4-n4c5ccc(-c6ccccc6)cc5c5cc(-c6ccccc6)ccc54)c([2H])c([2H])c([2H])c32)c([2H])c1[2H]. The van der Waals surface area contributed by atoms with Crippen molar-refractivity contribution in [1.82, 2.24) is 9.13 Å². The Balaban J connectivity index is 1.37. The predicted octanol–water partition coefficient (Wildman–Crippen LogP) is 12.9. The normalized spacial score (nSPS) is 15.0. The molecule has 8 aromatic carbocycles. The minimum absolute atomic E-state index is 0.00996. The van der Waals surface area contributed by atoms with Crippen LogP contribution in [0.4, 0.5) is 0 Å². The average molecular weight is 649 g/mol. The zero-order valence-corrected chi connectivity index (χ0v) is 26.4. The zero-order valence-electron chi connectivity index (χ0n) is 38.4. The summed E-state index contributed by atoms with van der Waals surface area (Å²) >= 11 is 0. The van der Waals surface area contributed by atoms with Crippen LogP contribution in [0.3, 0.4) is 0 Å². The molecule has 0 saturated carbocycles. The van der Waals surface area contributed by atoms with Gasteiger partial charge in [-0.2, -0.15) is 0 Å². The molecule has 0 fully saturated rings.